The first-order valence-electron chi connectivity index (χ1n) is 9.62. The van der Waals surface area contributed by atoms with Crippen molar-refractivity contribution < 1.29 is 30.0 Å². The number of unbranched alkanes of at least 4 members (excludes halogenated alkanes) is 2. The van der Waals surface area contributed by atoms with Gasteiger partial charge in [-0.2, -0.15) is 0 Å². The first-order chi connectivity index (χ1) is 12.5. The number of carboxylic acids is 1. The number of carboxylic acid groups (broad SMARTS) is 1. The Balaban J connectivity index is 2.44. The Kier molecular flexibility index (Phi) is 11.4. The molecule has 5 atom stereocenters. The maximum absolute atomic E-state index is 10.5. The molecule has 0 aliphatic heterocycles. The standard InChI is InChI=1S/C20H34O6/c1-2-3-12-26-14-15(21)10-11-17-16(18(22)13-19(17)23)8-6-4-5-7-9-20(24)25/h4,6,10-11,15-19,21-23H,2-3,5,7-9,12-14H2,1H3,(H,24,25)/b6-4-,11-10+/t15-,16?,17-,18?,19?/m1/s1. The number of allylic oxidation sites excluding steroid dienone is 2. The normalized spacial score (nSPS) is 27.5. The zero-order chi connectivity index (χ0) is 19.4. The molecule has 0 aromatic carbocycles. The van der Waals surface area contributed by atoms with Crippen LogP contribution in [-0.4, -0.2) is 57.9 Å². The molecule has 1 aliphatic carbocycles. The second-order valence-electron chi connectivity index (χ2n) is 6.99. The minimum atomic E-state index is -0.796. The van der Waals surface area contributed by atoms with E-state index in [0.29, 0.717) is 32.3 Å². The smallest absolute Gasteiger partial charge is 0.303 e. The fourth-order valence-corrected chi connectivity index (χ4v) is 3.21. The maximum Gasteiger partial charge on any atom is 0.303 e. The van der Waals surface area contributed by atoms with Gasteiger partial charge >= 0.3 is 5.97 Å². The monoisotopic (exact) mass is 370 g/mol. The Bertz CT molecular complexity index is 448. The molecule has 0 amide bonds. The minimum Gasteiger partial charge on any atom is -0.481 e. The molecule has 0 aromatic rings. The zero-order valence-corrected chi connectivity index (χ0v) is 15.7. The predicted molar refractivity (Wildman–Crippen MR) is 99.7 cm³/mol. The lowest BCUT2D eigenvalue weighted by Crippen LogP contribution is -2.21. The Labute approximate surface area is 156 Å². The van der Waals surface area contributed by atoms with Gasteiger partial charge in [-0.25, -0.2) is 0 Å². The molecular weight excluding hydrogens is 336 g/mol. The molecule has 3 unspecified atom stereocenters. The number of hydrogen-bond acceptors (Lipinski definition) is 5. The molecule has 4 N–H and O–H groups in total. The maximum atomic E-state index is 10.5. The van der Waals surface area contributed by atoms with E-state index in [9.17, 15) is 20.1 Å². The topological polar surface area (TPSA) is 107 Å². The molecule has 0 aromatic heterocycles. The molecule has 6 nitrogen and oxygen atoms in total. The fourth-order valence-electron chi connectivity index (χ4n) is 3.21. The highest BCUT2D eigenvalue weighted by molar-refractivity contribution is 5.66. The molecule has 26 heavy (non-hydrogen) atoms. The summed E-state index contributed by atoms with van der Waals surface area (Å²) in [6.45, 7) is 2.94. The van der Waals surface area contributed by atoms with Gasteiger partial charge in [-0.1, -0.05) is 37.6 Å². The van der Waals surface area contributed by atoms with E-state index in [1.54, 1.807) is 12.2 Å². The SMILES string of the molecule is CCCCOC[C@H](O)/C=C/[C@H]1C(O)CC(O)C1C/C=C\CCCC(=O)O. The van der Waals surface area contributed by atoms with Crippen molar-refractivity contribution in [3.8, 4) is 0 Å². The summed E-state index contributed by atoms with van der Waals surface area (Å²) in [5.74, 6) is -1.11. The van der Waals surface area contributed by atoms with Gasteiger partial charge in [0.05, 0.1) is 24.9 Å². The van der Waals surface area contributed by atoms with E-state index in [-0.39, 0.29) is 24.9 Å². The van der Waals surface area contributed by atoms with Crippen LogP contribution in [0.5, 0.6) is 0 Å². The second-order valence-corrected chi connectivity index (χ2v) is 6.99. The van der Waals surface area contributed by atoms with Crippen molar-refractivity contribution in [3.63, 3.8) is 0 Å². The Morgan fingerprint density at radius 2 is 2.00 bits per heavy atom. The van der Waals surface area contributed by atoms with E-state index in [1.165, 1.54) is 0 Å². The number of aliphatic hydroxyl groups excluding tert-OH is 3. The summed E-state index contributed by atoms with van der Waals surface area (Å²) in [5.41, 5.74) is 0. The number of aliphatic hydroxyl groups is 3. The van der Waals surface area contributed by atoms with Crippen molar-refractivity contribution in [1.29, 1.82) is 0 Å². The molecule has 0 bridgehead atoms. The first kappa shape index (κ1) is 22.8. The van der Waals surface area contributed by atoms with Crippen molar-refractivity contribution in [2.24, 2.45) is 11.8 Å². The van der Waals surface area contributed by atoms with Crippen LogP contribution in [0.3, 0.4) is 0 Å². The van der Waals surface area contributed by atoms with Gasteiger partial charge in [0.25, 0.3) is 0 Å². The summed E-state index contributed by atoms with van der Waals surface area (Å²) in [4.78, 5) is 10.5. The van der Waals surface area contributed by atoms with Crippen LogP contribution >= 0.6 is 0 Å². The van der Waals surface area contributed by atoms with E-state index >= 15 is 0 Å². The summed E-state index contributed by atoms with van der Waals surface area (Å²) >= 11 is 0. The fraction of sp³-hybridized carbons (Fsp3) is 0.750. The Morgan fingerprint density at radius 1 is 1.23 bits per heavy atom. The van der Waals surface area contributed by atoms with Gasteiger partial charge in [-0.15, -0.1) is 0 Å². The van der Waals surface area contributed by atoms with E-state index in [0.717, 1.165) is 12.8 Å². The van der Waals surface area contributed by atoms with Gasteiger partial charge in [0.15, 0.2) is 0 Å². The van der Waals surface area contributed by atoms with Crippen molar-refractivity contribution in [2.75, 3.05) is 13.2 Å². The van der Waals surface area contributed by atoms with Gasteiger partial charge in [-0.05, 0) is 31.6 Å². The average molecular weight is 370 g/mol. The molecule has 0 radical (unpaired) electrons. The lowest BCUT2D eigenvalue weighted by Gasteiger charge is -2.19. The van der Waals surface area contributed by atoms with Crippen LogP contribution in [0.25, 0.3) is 0 Å². The third-order valence-corrected chi connectivity index (χ3v) is 4.74. The van der Waals surface area contributed by atoms with Crippen molar-refractivity contribution in [3.05, 3.63) is 24.3 Å². The summed E-state index contributed by atoms with van der Waals surface area (Å²) in [7, 11) is 0. The quantitative estimate of drug-likeness (QED) is 0.293. The average Bonchev–Trinajstić information content (AvgIpc) is 2.85. The Morgan fingerprint density at radius 3 is 2.69 bits per heavy atom. The lowest BCUT2D eigenvalue weighted by atomic mass is 9.89. The van der Waals surface area contributed by atoms with Crippen LogP contribution in [-0.2, 0) is 9.53 Å². The largest absolute Gasteiger partial charge is 0.481 e. The summed E-state index contributed by atoms with van der Waals surface area (Å²) in [6.07, 6.45) is 9.76. The molecule has 150 valence electrons. The number of hydrogen-bond donors (Lipinski definition) is 4. The molecule has 0 saturated heterocycles. The van der Waals surface area contributed by atoms with Crippen LogP contribution in [0.4, 0.5) is 0 Å². The molecule has 1 rings (SSSR count). The van der Waals surface area contributed by atoms with Gasteiger partial charge in [0, 0.05) is 25.4 Å². The molecule has 1 aliphatic rings. The summed E-state index contributed by atoms with van der Waals surface area (Å²) < 4.78 is 5.38. The van der Waals surface area contributed by atoms with E-state index in [1.807, 2.05) is 12.2 Å². The predicted octanol–water partition coefficient (Wildman–Crippen LogP) is 2.28. The number of carbonyl (C=O) groups is 1. The number of rotatable bonds is 13. The third kappa shape index (κ3) is 8.94. The van der Waals surface area contributed by atoms with Crippen LogP contribution in [0.2, 0.25) is 0 Å². The van der Waals surface area contributed by atoms with E-state index < -0.39 is 24.3 Å². The second kappa shape index (κ2) is 13.0. The molecular formula is C20H34O6. The molecule has 1 fully saturated rings. The molecule has 0 spiro atoms. The van der Waals surface area contributed by atoms with Crippen LogP contribution in [0.1, 0.15) is 51.9 Å². The van der Waals surface area contributed by atoms with E-state index in [2.05, 4.69) is 6.92 Å². The van der Waals surface area contributed by atoms with Gasteiger partial charge in [0.2, 0.25) is 0 Å². The molecule has 1 saturated carbocycles. The number of ether oxygens (including phenoxy) is 1. The lowest BCUT2D eigenvalue weighted by molar-refractivity contribution is -0.137. The highest BCUT2D eigenvalue weighted by atomic mass is 16.5. The molecule has 0 heterocycles. The zero-order valence-electron chi connectivity index (χ0n) is 15.7. The number of aliphatic carboxylic acids is 1. The summed E-state index contributed by atoms with van der Waals surface area (Å²) in [5, 5.41) is 38.9. The van der Waals surface area contributed by atoms with Crippen molar-refractivity contribution in [1.82, 2.24) is 0 Å². The Hall–Kier alpha value is -1.21. The van der Waals surface area contributed by atoms with Crippen molar-refractivity contribution >= 4 is 5.97 Å². The highest BCUT2D eigenvalue weighted by Gasteiger charge is 2.39. The highest BCUT2D eigenvalue weighted by Crippen LogP contribution is 2.36. The van der Waals surface area contributed by atoms with Gasteiger partial charge in [0.1, 0.15) is 0 Å². The van der Waals surface area contributed by atoms with Gasteiger partial charge in [-0.3, -0.25) is 4.79 Å². The third-order valence-electron chi connectivity index (χ3n) is 4.74. The summed E-state index contributed by atoms with van der Waals surface area (Å²) in [6, 6.07) is 0. The van der Waals surface area contributed by atoms with Gasteiger partial charge < -0.3 is 25.2 Å². The van der Waals surface area contributed by atoms with Crippen LogP contribution in [0, 0.1) is 11.8 Å². The van der Waals surface area contributed by atoms with Crippen molar-refractivity contribution in [2.45, 2.75) is 70.2 Å². The minimum absolute atomic E-state index is 0.106. The van der Waals surface area contributed by atoms with Crippen LogP contribution < -0.4 is 0 Å². The van der Waals surface area contributed by atoms with Crippen LogP contribution in [0.15, 0.2) is 24.3 Å². The van der Waals surface area contributed by atoms with E-state index in [4.69, 9.17) is 9.84 Å². The first-order valence-corrected chi connectivity index (χ1v) is 9.62. The molecule has 6 heteroatoms.